The van der Waals surface area contributed by atoms with E-state index in [4.69, 9.17) is 23.2 Å². The van der Waals surface area contributed by atoms with Crippen molar-refractivity contribution in [3.8, 4) is 0 Å². The third kappa shape index (κ3) is 3.61. The topological polar surface area (TPSA) is 65.5 Å². The Kier molecular flexibility index (Phi) is 5.34. The summed E-state index contributed by atoms with van der Waals surface area (Å²) in [4.78, 5) is 32.3. The second-order valence-electron chi connectivity index (χ2n) is 6.12. The van der Waals surface area contributed by atoms with Crippen molar-refractivity contribution >= 4 is 41.0 Å². The van der Waals surface area contributed by atoms with Gasteiger partial charge in [0.15, 0.2) is 0 Å². The van der Waals surface area contributed by atoms with Crippen molar-refractivity contribution in [2.75, 3.05) is 18.5 Å². The lowest BCUT2D eigenvalue weighted by Crippen LogP contribution is -2.43. The summed E-state index contributed by atoms with van der Waals surface area (Å²) in [5.74, 6) is 0.323. The first kappa shape index (κ1) is 18.5. The third-order valence-corrected chi connectivity index (χ3v) is 4.95. The number of amides is 3. The molecule has 1 aliphatic rings. The molecule has 1 aromatic heterocycles. The summed E-state index contributed by atoms with van der Waals surface area (Å²) in [6.07, 6.45) is 1.63. The number of carbonyl (C=O) groups excluding carboxylic acids is 2. The molecular formula is C18H18Cl2N4O2. The molecule has 136 valence electrons. The van der Waals surface area contributed by atoms with E-state index in [0.29, 0.717) is 15.9 Å². The third-order valence-electron chi connectivity index (χ3n) is 4.36. The fourth-order valence-electron chi connectivity index (χ4n) is 2.86. The maximum atomic E-state index is 12.6. The highest BCUT2D eigenvalue weighted by Gasteiger charge is 2.40. The molecule has 0 saturated carbocycles. The minimum Gasteiger partial charge on any atom is -0.350 e. The van der Waals surface area contributed by atoms with E-state index in [-0.39, 0.29) is 25.0 Å². The van der Waals surface area contributed by atoms with Crippen molar-refractivity contribution in [1.29, 1.82) is 0 Å². The predicted octanol–water partition coefficient (Wildman–Crippen LogP) is 3.25. The number of rotatable bonds is 4. The summed E-state index contributed by atoms with van der Waals surface area (Å²) in [6, 6.07) is 7.94. The standard InChI is InChI=1S/C18H18Cl2N4O2/c1-11-4-3-7-21-16(11)24-10-15(23(2)18(24)26)17(25)22-9-12-5-6-13(19)8-14(12)20/h3-8,15H,9-10H2,1-2H3,(H,22,25). The van der Waals surface area contributed by atoms with Crippen LogP contribution in [0.5, 0.6) is 0 Å². The van der Waals surface area contributed by atoms with E-state index >= 15 is 0 Å². The number of anilines is 1. The lowest BCUT2D eigenvalue weighted by atomic mass is 10.2. The second-order valence-corrected chi connectivity index (χ2v) is 6.96. The summed E-state index contributed by atoms with van der Waals surface area (Å²) < 4.78 is 0. The van der Waals surface area contributed by atoms with Crippen LogP contribution >= 0.6 is 23.2 Å². The van der Waals surface area contributed by atoms with Gasteiger partial charge in [-0.2, -0.15) is 0 Å². The van der Waals surface area contributed by atoms with Crippen LogP contribution in [0.25, 0.3) is 0 Å². The predicted molar refractivity (Wildman–Crippen MR) is 102 cm³/mol. The molecule has 1 aliphatic heterocycles. The largest absolute Gasteiger partial charge is 0.350 e. The van der Waals surface area contributed by atoms with Crippen LogP contribution in [-0.2, 0) is 11.3 Å². The molecule has 0 bridgehead atoms. The zero-order valence-corrected chi connectivity index (χ0v) is 15.9. The number of hydrogen-bond acceptors (Lipinski definition) is 3. The minimum atomic E-state index is -0.602. The highest BCUT2D eigenvalue weighted by Crippen LogP contribution is 2.24. The summed E-state index contributed by atoms with van der Waals surface area (Å²) in [7, 11) is 1.61. The fourth-order valence-corrected chi connectivity index (χ4v) is 3.33. The lowest BCUT2D eigenvalue weighted by Gasteiger charge is -2.17. The number of urea groups is 1. The van der Waals surface area contributed by atoms with Crippen LogP contribution in [0.3, 0.4) is 0 Å². The number of pyridine rings is 1. The maximum Gasteiger partial charge on any atom is 0.326 e. The van der Waals surface area contributed by atoms with Crippen molar-refractivity contribution in [3.63, 3.8) is 0 Å². The highest BCUT2D eigenvalue weighted by molar-refractivity contribution is 6.35. The molecule has 6 nitrogen and oxygen atoms in total. The molecule has 1 unspecified atom stereocenters. The van der Waals surface area contributed by atoms with E-state index in [2.05, 4.69) is 10.3 Å². The van der Waals surface area contributed by atoms with Crippen LogP contribution in [0.4, 0.5) is 10.6 Å². The van der Waals surface area contributed by atoms with Gasteiger partial charge in [0.25, 0.3) is 0 Å². The first-order valence-electron chi connectivity index (χ1n) is 8.06. The van der Waals surface area contributed by atoms with Crippen LogP contribution in [0, 0.1) is 6.92 Å². The van der Waals surface area contributed by atoms with Crippen LogP contribution in [0.2, 0.25) is 10.0 Å². The van der Waals surface area contributed by atoms with E-state index in [9.17, 15) is 9.59 Å². The minimum absolute atomic E-state index is 0.243. The molecule has 1 aromatic carbocycles. The first-order chi connectivity index (χ1) is 12.4. The molecule has 1 fully saturated rings. The molecule has 1 atom stereocenters. The zero-order chi connectivity index (χ0) is 18.8. The summed E-state index contributed by atoms with van der Waals surface area (Å²) in [6.45, 7) is 2.38. The molecule has 8 heteroatoms. The number of benzene rings is 1. The number of hydrogen-bond donors (Lipinski definition) is 1. The van der Waals surface area contributed by atoms with Crippen LogP contribution in [0.1, 0.15) is 11.1 Å². The van der Waals surface area contributed by atoms with Crippen molar-refractivity contribution in [1.82, 2.24) is 15.2 Å². The number of nitrogens with one attached hydrogen (secondary N) is 1. The number of aromatic nitrogens is 1. The molecule has 0 aliphatic carbocycles. The molecule has 3 rings (SSSR count). The number of halogens is 2. The van der Waals surface area contributed by atoms with E-state index in [1.165, 1.54) is 9.80 Å². The Morgan fingerprint density at radius 1 is 1.35 bits per heavy atom. The molecule has 26 heavy (non-hydrogen) atoms. The Hall–Kier alpha value is -2.31. The number of nitrogens with zero attached hydrogens (tertiary/aromatic N) is 3. The smallest absolute Gasteiger partial charge is 0.326 e. The van der Waals surface area contributed by atoms with E-state index < -0.39 is 6.04 Å². The quantitative estimate of drug-likeness (QED) is 0.867. The lowest BCUT2D eigenvalue weighted by molar-refractivity contribution is -0.124. The molecule has 1 saturated heterocycles. The van der Waals surface area contributed by atoms with Crippen LogP contribution < -0.4 is 10.2 Å². The van der Waals surface area contributed by atoms with Crippen molar-refractivity contribution < 1.29 is 9.59 Å². The normalized spacial score (nSPS) is 16.9. The van der Waals surface area contributed by atoms with Gasteiger partial charge in [0.1, 0.15) is 11.9 Å². The van der Waals surface area contributed by atoms with Gasteiger partial charge >= 0.3 is 6.03 Å². The van der Waals surface area contributed by atoms with Gasteiger partial charge in [0.05, 0.1) is 6.54 Å². The summed E-state index contributed by atoms with van der Waals surface area (Å²) >= 11 is 12.0. The van der Waals surface area contributed by atoms with E-state index in [0.717, 1.165) is 11.1 Å². The number of likely N-dealkylation sites (N-methyl/N-ethyl adjacent to an activating group) is 1. The Balaban J connectivity index is 1.70. The van der Waals surface area contributed by atoms with Gasteiger partial charge in [-0.1, -0.05) is 35.3 Å². The molecule has 1 N–H and O–H groups in total. The van der Waals surface area contributed by atoms with Gasteiger partial charge in [-0.3, -0.25) is 9.69 Å². The van der Waals surface area contributed by atoms with Crippen molar-refractivity contribution in [2.45, 2.75) is 19.5 Å². The Morgan fingerprint density at radius 2 is 2.12 bits per heavy atom. The van der Waals surface area contributed by atoms with Crippen molar-refractivity contribution in [2.24, 2.45) is 0 Å². The van der Waals surface area contributed by atoms with Crippen LogP contribution in [0.15, 0.2) is 36.5 Å². The van der Waals surface area contributed by atoms with E-state index in [1.54, 1.807) is 31.4 Å². The monoisotopic (exact) mass is 392 g/mol. The SMILES string of the molecule is Cc1cccnc1N1CC(C(=O)NCc2ccc(Cl)cc2Cl)N(C)C1=O. The summed E-state index contributed by atoms with van der Waals surface area (Å²) in [5.41, 5.74) is 1.64. The van der Waals surface area contributed by atoms with Gasteiger partial charge in [0, 0.05) is 29.8 Å². The molecule has 3 amide bonds. The Morgan fingerprint density at radius 3 is 2.81 bits per heavy atom. The Bertz CT molecular complexity index is 859. The van der Waals surface area contributed by atoms with Gasteiger partial charge in [-0.05, 0) is 36.2 Å². The van der Waals surface area contributed by atoms with Gasteiger partial charge < -0.3 is 10.2 Å². The summed E-state index contributed by atoms with van der Waals surface area (Å²) in [5, 5.41) is 3.85. The second kappa shape index (κ2) is 7.51. The number of carbonyl (C=O) groups is 2. The van der Waals surface area contributed by atoms with Gasteiger partial charge in [-0.25, -0.2) is 9.78 Å². The molecule has 0 radical (unpaired) electrons. The fraction of sp³-hybridized carbons (Fsp3) is 0.278. The zero-order valence-electron chi connectivity index (χ0n) is 14.4. The van der Waals surface area contributed by atoms with E-state index in [1.807, 2.05) is 19.1 Å². The first-order valence-corrected chi connectivity index (χ1v) is 8.81. The molecule has 2 aromatic rings. The molecule has 2 heterocycles. The molecule has 0 spiro atoms. The van der Waals surface area contributed by atoms with Crippen LogP contribution in [-0.4, -0.2) is 41.5 Å². The highest BCUT2D eigenvalue weighted by atomic mass is 35.5. The average molecular weight is 393 g/mol. The van der Waals surface area contributed by atoms with Gasteiger partial charge in [0.2, 0.25) is 5.91 Å². The number of aryl methyl sites for hydroxylation is 1. The average Bonchev–Trinajstić information content (AvgIpc) is 2.90. The maximum absolute atomic E-state index is 12.6. The van der Waals surface area contributed by atoms with Gasteiger partial charge in [-0.15, -0.1) is 0 Å². The Labute approximate surface area is 161 Å². The molecular weight excluding hydrogens is 375 g/mol. The van der Waals surface area contributed by atoms with Crippen molar-refractivity contribution in [3.05, 3.63) is 57.7 Å².